The van der Waals surface area contributed by atoms with Gasteiger partial charge in [0.25, 0.3) is 0 Å². The molecule has 0 heterocycles. The molecule has 1 aromatic rings. The van der Waals surface area contributed by atoms with Crippen LogP contribution in [0.4, 0.5) is 4.79 Å². The monoisotopic (exact) mass is 251 g/mol. The number of ether oxygens (including phenoxy) is 1. The van der Waals surface area contributed by atoms with E-state index >= 15 is 0 Å². The summed E-state index contributed by atoms with van der Waals surface area (Å²) in [6, 6.07) is 6.95. The molecule has 100 valence electrons. The van der Waals surface area contributed by atoms with Crippen molar-refractivity contribution in [2.75, 3.05) is 0 Å². The predicted octanol–water partition coefficient (Wildman–Crippen LogP) is 2.85. The number of nitrogens with one attached hydrogen (secondary N) is 1. The maximum atomic E-state index is 11.5. The normalized spacial score (nSPS) is 12.9. The Morgan fingerprint density at radius 3 is 2.67 bits per heavy atom. The van der Waals surface area contributed by atoms with Crippen LogP contribution in [-0.2, 0) is 11.2 Å². The van der Waals surface area contributed by atoms with E-state index in [0.717, 1.165) is 5.56 Å². The van der Waals surface area contributed by atoms with Gasteiger partial charge in [-0.15, -0.1) is 0 Å². The highest BCUT2D eigenvalue weighted by Gasteiger charge is 2.17. The third-order valence-electron chi connectivity index (χ3n) is 2.22. The molecule has 0 unspecified atom stereocenters. The van der Waals surface area contributed by atoms with Crippen LogP contribution < -0.4 is 5.32 Å². The summed E-state index contributed by atoms with van der Waals surface area (Å²) >= 11 is 0. The molecule has 0 saturated heterocycles. The number of phenolic OH excluding ortho intramolecular Hbond substituents is 1. The number of carbonyl (C=O) groups excluding carboxylic acids is 1. The Morgan fingerprint density at radius 2 is 2.11 bits per heavy atom. The molecule has 0 saturated carbocycles. The zero-order valence-corrected chi connectivity index (χ0v) is 11.4. The number of amides is 1. The highest BCUT2D eigenvalue weighted by atomic mass is 16.6. The first-order valence-electron chi connectivity index (χ1n) is 6.04. The van der Waals surface area contributed by atoms with Crippen LogP contribution in [0.1, 0.15) is 33.3 Å². The van der Waals surface area contributed by atoms with Gasteiger partial charge in [0.05, 0.1) is 0 Å². The smallest absolute Gasteiger partial charge is 0.407 e. The molecule has 1 amide bonds. The van der Waals surface area contributed by atoms with E-state index in [2.05, 4.69) is 5.32 Å². The molecule has 4 heteroatoms. The van der Waals surface area contributed by atoms with Crippen LogP contribution in [0.5, 0.6) is 5.75 Å². The molecule has 0 radical (unpaired) electrons. The van der Waals surface area contributed by atoms with Crippen molar-refractivity contribution in [1.82, 2.24) is 5.32 Å². The van der Waals surface area contributed by atoms with Crippen LogP contribution in [-0.4, -0.2) is 22.8 Å². The number of alkyl carbamates (subject to hydrolysis) is 1. The van der Waals surface area contributed by atoms with Gasteiger partial charge in [0.15, 0.2) is 0 Å². The minimum atomic E-state index is -0.491. The fourth-order valence-corrected chi connectivity index (χ4v) is 1.60. The topological polar surface area (TPSA) is 58.6 Å². The summed E-state index contributed by atoms with van der Waals surface area (Å²) in [4.78, 5) is 11.5. The van der Waals surface area contributed by atoms with Crippen LogP contribution in [0.15, 0.2) is 24.3 Å². The van der Waals surface area contributed by atoms with E-state index in [9.17, 15) is 9.90 Å². The third kappa shape index (κ3) is 5.57. The van der Waals surface area contributed by atoms with Gasteiger partial charge in [-0.3, -0.25) is 0 Å². The minimum Gasteiger partial charge on any atom is -0.508 e. The van der Waals surface area contributed by atoms with Gasteiger partial charge < -0.3 is 15.2 Å². The average Bonchev–Trinajstić information content (AvgIpc) is 2.13. The Hall–Kier alpha value is -1.71. The van der Waals surface area contributed by atoms with Gasteiger partial charge in [-0.25, -0.2) is 4.79 Å². The molecular weight excluding hydrogens is 230 g/mol. The molecule has 1 atom stereocenters. The van der Waals surface area contributed by atoms with Crippen LogP contribution in [0, 0.1) is 0 Å². The van der Waals surface area contributed by atoms with E-state index in [1.165, 1.54) is 0 Å². The average molecular weight is 251 g/mol. The van der Waals surface area contributed by atoms with Gasteiger partial charge in [0.2, 0.25) is 0 Å². The van der Waals surface area contributed by atoms with E-state index in [0.29, 0.717) is 6.42 Å². The van der Waals surface area contributed by atoms with Crippen molar-refractivity contribution in [1.29, 1.82) is 0 Å². The van der Waals surface area contributed by atoms with E-state index < -0.39 is 11.7 Å². The van der Waals surface area contributed by atoms with Crippen molar-refractivity contribution in [3.8, 4) is 5.75 Å². The number of aromatic hydroxyl groups is 1. The molecule has 0 bridgehead atoms. The SMILES string of the molecule is C[C@H](Cc1cccc(O)c1)NC(=O)OC(C)(C)C. The molecule has 18 heavy (non-hydrogen) atoms. The molecule has 2 N–H and O–H groups in total. The van der Waals surface area contributed by atoms with Gasteiger partial charge in [0.1, 0.15) is 11.4 Å². The Morgan fingerprint density at radius 1 is 1.44 bits per heavy atom. The standard InChI is InChI=1S/C14H21NO3/c1-10(15-13(17)18-14(2,3)4)8-11-6-5-7-12(16)9-11/h5-7,9-10,16H,8H2,1-4H3,(H,15,17)/t10-/m1/s1. The fraction of sp³-hybridized carbons (Fsp3) is 0.500. The van der Waals surface area contributed by atoms with Gasteiger partial charge >= 0.3 is 6.09 Å². The summed E-state index contributed by atoms with van der Waals surface area (Å²) in [7, 11) is 0. The molecule has 0 aliphatic carbocycles. The lowest BCUT2D eigenvalue weighted by molar-refractivity contribution is 0.0508. The Kier molecular flexibility index (Phi) is 4.59. The molecule has 0 aliphatic heterocycles. The van der Waals surface area contributed by atoms with E-state index in [1.54, 1.807) is 18.2 Å². The zero-order valence-electron chi connectivity index (χ0n) is 11.4. The molecular formula is C14H21NO3. The lowest BCUT2D eigenvalue weighted by Gasteiger charge is -2.22. The molecule has 4 nitrogen and oxygen atoms in total. The Bertz CT molecular complexity index is 410. The van der Waals surface area contributed by atoms with Gasteiger partial charge in [-0.1, -0.05) is 12.1 Å². The number of hydrogen-bond acceptors (Lipinski definition) is 3. The van der Waals surface area contributed by atoms with Crippen LogP contribution in [0.25, 0.3) is 0 Å². The number of carbonyl (C=O) groups is 1. The summed E-state index contributed by atoms with van der Waals surface area (Å²) in [5, 5.41) is 12.1. The largest absolute Gasteiger partial charge is 0.508 e. The molecule has 1 rings (SSSR count). The molecule has 1 aromatic carbocycles. The third-order valence-corrected chi connectivity index (χ3v) is 2.22. The van der Waals surface area contributed by atoms with E-state index in [4.69, 9.17) is 4.74 Å². The first-order chi connectivity index (χ1) is 8.26. The van der Waals surface area contributed by atoms with Crippen LogP contribution in [0.3, 0.4) is 0 Å². The second kappa shape index (κ2) is 5.76. The number of benzene rings is 1. The summed E-state index contributed by atoms with van der Waals surface area (Å²) in [6.45, 7) is 7.37. The van der Waals surface area contributed by atoms with Crippen molar-refractivity contribution in [2.45, 2.75) is 45.8 Å². The van der Waals surface area contributed by atoms with Gasteiger partial charge in [0, 0.05) is 6.04 Å². The molecule has 0 spiro atoms. The second-order valence-electron chi connectivity index (χ2n) is 5.42. The molecule has 0 aromatic heterocycles. The number of phenols is 1. The quantitative estimate of drug-likeness (QED) is 0.868. The first-order valence-corrected chi connectivity index (χ1v) is 6.04. The van der Waals surface area contributed by atoms with Crippen molar-refractivity contribution in [3.63, 3.8) is 0 Å². The van der Waals surface area contributed by atoms with Crippen molar-refractivity contribution >= 4 is 6.09 Å². The highest BCUT2D eigenvalue weighted by Crippen LogP contribution is 2.13. The summed E-state index contributed by atoms with van der Waals surface area (Å²) < 4.78 is 5.17. The second-order valence-corrected chi connectivity index (χ2v) is 5.42. The minimum absolute atomic E-state index is 0.0540. The maximum Gasteiger partial charge on any atom is 0.407 e. The summed E-state index contributed by atoms with van der Waals surface area (Å²) in [5.41, 5.74) is 0.480. The Balaban J connectivity index is 2.47. The Labute approximate surface area is 108 Å². The van der Waals surface area contributed by atoms with Crippen LogP contribution in [0.2, 0.25) is 0 Å². The van der Waals surface area contributed by atoms with Crippen LogP contribution >= 0.6 is 0 Å². The fourth-order valence-electron chi connectivity index (χ4n) is 1.60. The zero-order chi connectivity index (χ0) is 13.8. The lowest BCUT2D eigenvalue weighted by Crippen LogP contribution is -2.38. The molecule has 0 fully saturated rings. The van der Waals surface area contributed by atoms with Crippen molar-refractivity contribution < 1.29 is 14.6 Å². The first kappa shape index (κ1) is 14.4. The maximum absolute atomic E-state index is 11.5. The summed E-state index contributed by atoms with van der Waals surface area (Å²) in [6.07, 6.45) is 0.225. The number of hydrogen-bond donors (Lipinski definition) is 2. The predicted molar refractivity (Wildman–Crippen MR) is 70.6 cm³/mol. The van der Waals surface area contributed by atoms with Gasteiger partial charge in [-0.2, -0.15) is 0 Å². The van der Waals surface area contributed by atoms with E-state index in [-0.39, 0.29) is 11.8 Å². The highest BCUT2D eigenvalue weighted by molar-refractivity contribution is 5.68. The van der Waals surface area contributed by atoms with Gasteiger partial charge in [-0.05, 0) is 51.8 Å². The van der Waals surface area contributed by atoms with E-state index in [1.807, 2.05) is 33.8 Å². The summed E-state index contributed by atoms with van der Waals surface area (Å²) in [5.74, 6) is 0.233. The van der Waals surface area contributed by atoms with Crippen molar-refractivity contribution in [3.05, 3.63) is 29.8 Å². The lowest BCUT2D eigenvalue weighted by atomic mass is 10.1. The number of rotatable bonds is 3. The van der Waals surface area contributed by atoms with Crippen molar-refractivity contribution in [2.24, 2.45) is 0 Å². The molecule has 0 aliphatic rings.